The second-order valence-corrected chi connectivity index (χ2v) is 5.74. The maximum absolute atomic E-state index is 11.8. The number of nitrogens with two attached hydrogens (primary N) is 2. The van der Waals surface area contributed by atoms with Crippen LogP contribution in [0.3, 0.4) is 0 Å². The van der Waals surface area contributed by atoms with Gasteiger partial charge in [0.15, 0.2) is 0 Å². The summed E-state index contributed by atoms with van der Waals surface area (Å²) in [6.07, 6.45) is 1.73. The Morgan fingerprint density at radius 1 is 1.16 bits per heavy atom. The third kappa shape index (κ3) is 3.19. The van der Waals surface area contributed by atoms with E-state index in [-0.39, 0.29) is 22.9 Å². The minimum absolute atomic E-state index is 0.0225. The molecule has 0 fully saturated rings. The highest BCUT2D eigenvalue weighted by atomic mass is 32.2. The van der Waals surface area contributed by atoms with Crippen LogP contribution in [0.15, 0.2) is 39.9 Å². The molecule has 10 heteroatoms. The van der Waals surface area contributed by atoms with E-state index >= 15 is 0 Å². The van der Waals surface area contributed by atoms with Crippen LogP contribution in [-0.4, -0.2) is 33.2 Å². The van der Waals surface area contributed by atoms with Crippen LogP contribution in [0, 0.1) is 0 Å². The number of hydrogen-bond acceptors (Lipinski definition) is 7. The summed E-state index contributed by atoms with van der Waals surface area (Å²) in [4.78, 5) is 30.5. The zero-order valence-electron chi connectivity index (χ0n) is 13.1. The quantitative estimate of drug-likeness (QED) is 0.489. The van der Waals surface area contributed by atoms with Crippen LogP contribution < -0.4 is 16.8 Å². The van der Waals surface area contributed by atoms with E-state index in [1.165, 1.54) is 11.8 Å². The van der Waals surface area contributed by atoms with Crippen molar-refractivity contribution in [2.75, 3.05) is 11.6 Å². The van der Waals surface area contributed by atoms with Crippen molar-refractivity contribution in [3.63, 3.8) is 0 Å². The molecule has 0 radical (unpaired) electrons. The monoisotopic (exact) mass is 358 g/mol. The Kier molecular flexibility index (Phi) is 4.44. The molecule has 2 aromatic heterocycles. The summed E-state index contributed by atoms with van der Waals surface area (Å²) in [6, 6.07) is 9.18. The van der Waals surface area contributed by atoms with Gasteiger partial charge in [0.25, 0.3) is 23.7 Å². The van der Waals surface area contributed by atoms with Gasteiger partial charge in [-0.15, -0.1) is 11.8 Å². The molecule has 0 saturated heterocycles. The minimum Gasteiger partial charge on any atom is -0.365 e. The zero-order chi connectivity index (χ0) is 18.0. The number of carbonyl (C=O) groups excluding carboxylic acids is 2. The van der Waals surface area contributed by atoms with Crippen LogP contribution in [0.2, 0.25) is 0 Å². The predicted molar refractivity (Wildman–Crippen MR) is 92.6 cm³/mol. The van der Waals surface area contributed by atoms with Crippen molar-refractivity contribution in [1.82, 2.24) is 15.1 Å². The number of thioether (sulfide) groups is 1. The average molecular weight is 358 g/mol. The number of benzene rings is 1. The van der Waals surface area contributed by atoms with E-state index in [2.05, 4.69) is 20.4 Å². The van der Waals surface area contributed by atoms with Crippen LogP contribution in [0.5, 0.6) is 0 Å². The molecule has 2 heterocycles. The molecular formula is C15H14N6O3S. The van der Waals surface area contributed by atoms with Gasteiger partial charge in [-0.2, -0.15) is 4.98 Å². The van der Waals surface area contributed by atoms with Crippen LogP contribution in [0.4, 0.5) is 11.8 Å². The van der Waals surface area contributed by atoms with E-state index in [1.54, 1.807) is 6.26 Å². The van der Waals surface area contributed by atoms with Crippen molar-refractivity contribution >= 4 is 35.3 Å². The maximum Gasteiger partial charge on any atom is 0.269 e. The van der Waals surface area contributed by atoms with E-state index in [0.29, 0.717) is 10.9 Å². The van der Waals surface area contributed by atoms with Gasteiger partial charge in [-0.1, -0.05) is 18.2 Å². The van der Waals surface area contributed by atoms with E-state index in [9.17, 15) is 9.59 Å². The van der Waals surface area contributed by atoms with E-state index in [1.807, 2.05) is 30.3 Å². The molecule has 3 rings (SSSR count). The lowest BCUT2D eigenvalue weighted by Crippen LogP contribution is -2.20. The summed E-state index contributed by atoms with van der Waals surface area (Å²) in [7, 11) is 0. The Hall–Kier alpha value is -3.27. The molecule has 2 amide bonds. The summed E-state index contributed by atoms with van der Waals surface area (Å²) in [5.74, 6) is -0.993. The van der Waals surface area contributed by atoms with Crippen LogP contribution in [0.25, 0.3) is 11.5 Å². The normalized spacial score (nSPS) is 10.6. The lowest BCUT2D eigenvalue weighted by Gasteiger charge is -2.01. The highest BCUT2D eigenvalue weighted by Crippen LogP contribution is 2.30. The summed E-state index contributed by atoms with van der Waals surface area (Å²) >= 11 is 1.22. The number of aromatic nitrogens is 3. The standard InChI is InChI=1S/C15H14N6O3S/c1-25-14-9(11(17)23)8(10(16)22)12(18-14)19-15-20-13(24-21-15)7-5-3-2-4-6-7/h2-6,18H,1H3,(H2,16,22)(H2,17,23)(H,19,21). The number of H-pyrrole nitrogens is 1. The van der Waals surface area contributed by atoms with Crippen molar-refractivity contribution < 1.29 is 14.1 Å². The maximum atomic E-state index is 11.8. The average Bonchev–Trinajstić information content (AvgIpc) is 3.20. The number of hydrogen-bond donors (Lipinski definition) is 4. The lowest BCUT2D eigenvalue weighted by atomic mass is 10.1. The first-order chi connectivity index (χ1) is 12.0. The number of carbonyl (C=O) groups is 2. The molecule has 128 valence electrons. The van der Waals surface area contributed by atoms with Crippen molar-refractivity contribution in [2.24, 2.45) is 11.5 Å². The second kappa shape index (κ2) is 6.69. The number of anilines is 2. The highest BCUT2D eigenvalue weighted by molar-refractivity contribution is 7.98. The molecule has 1 aromatic carbocycles. The van der Waals surface area contributed by atoms with Gasteiger partial charge in [0.2, 0.25) is 0 Å². The molecule has 0 saturated carbocycles. The molecule has 0 aliphatic carbocycles. The topological polar surface area (TPSA) is 153 Å². The number of nitrogens with zero attached hydrogens (tertiary/aromatic N) is 2. The Bertz CT molecular complexity index is 934. The van der Waals surface area contributed by atoms with E-state index in [4.69, 9.17) is 16.0 Å². The first kappa shape index (κ1) is 16.6. The molecule has 0 aliphatic heterocycles. The first-order valence-corrected chi connectivity index (χ1v) is 8.29. The highest BCUT2D eigenvalue weighted by Gasteiger charge is 2.26. The number of primary amides is 2. The Labute approximate surface area is 146 Å². The fourth-order valence-electron chi connectivity index (χ4n) is 2.29. The Morgan fingerprint density at radius 2 is 1.84 bits per heavy atom. The fourth-order valence-corrected chi connectivity index (χ4v) is 2.90. The summed E-state index contributed by atoms with van der Waals surface area (Å²) in [5.41, 5.74) is 11.5. The van der Waals surface area contributed by atoms with Gasteiger partial charge in [0.1, 0.15) is 5.82 Å². The molecule has 6 N–H and O–H groups in total. The van der Waals surface area contributed by atoms with Crippen molar-refractivity contribution in [3.05, 3.63) is 41.5 Å². The van der Waals surface area contributed by atoms with Crippen LogP contribution in [0.1, 0.15) is 20.7 Å². The number of rotatable bonds is 6. The lowest BCUT2D eigenvalue weighted by molar-refractivity contribution is 0.0967. The summed E-state index contributed by atoms with van der Waals surface area (Å²) < 4.78 is 5.18. The van der Waals surface area contributed by atoms with Gasteiger partial charge >= 0.3 is 0 Å². The molecule has 0 unspecified atom stereocenters. The third-order valence-corrected chi connectivity index (χ3v) is 4.06. The molecule has 9 nitrogen and oxygen atoms in total. The Morgan fingerprint density at radius 3 is 2.44 bits per heavy atom. The van der Waals surface area contributed by atoms with Crippen LogP contribution in [-0.2, 0) is 0 Å². The minimum atomic E-state index is -0.806. The second-order valence-electron chi connectivity index (χ2n) is 4.93. The molecule has 0 atom stereocenters. The van der Waals surface area contributed by atoms with Crippen molar-refractivity contribution in [3.8, 4) is 11.5 Å². The molecule has 0 spiro atoms. The van der Waals surface area contributed by atoms with Crippen molar-refractivity contribution in [1.29, 1.82) is 0 Å². The van der Waals surface area contributed by atoms with E-state index < -0.39 is 11.8 Å². The van der Waals surface area contributed by atoms with Gasteiger partial charge in [-0.3, -0.25) is 9.59 Å². The van der Waals surface area contributed by atoms with Gasteiger partial charge in [0, 0.05) is 5.56 Å². The third-order valence-electron chi connectivity index (χ3n) is 3.35. The molecule has 0 aliphatic rings. The van der Waals surface area contributed by atoms with Gasteiger partial charge in [0.05, 0.1) is 16.2 Å². The molecule has 0 bridgehead atoms. The van der Waals surface area contributed by atoms with Crippen LogP contribution >= 0.6 is 11.8 Å². The SMILES string of the molecule is CSc1[nH]c(Nc2noc(-c3ccccc3)n2)c(C(N)=O)c1C(N)=O. The largest absolute Gasteiger partial charge is 0.365 e. The first-order valence-electron chi connectivity index (χ1n) is 7.07. The number of nitrogens with one attached hydrogen (secondary N) is 2. The smallest absolute Gasteiger partial charge is 0.269 e. The van der Waals surface area contributed by atoms with Gasteiger partial charge in [-0.25, -0.2) is 0 Å². The zero-order valence-corrected chi connectivity index (χ0v) is 13.9. The van der Waals surface area contributed by atoms with Gasteiger partial charge in [-0.05, 0) is 23.5 Å². The molecule has 3 aromatic rings. The van der Waals surface area contributed by atoms with Gasteiger partial charge < -0.3 is 26.3 Å². The molecular weight excluding hydrogens is 344 g/mol. The van der Waals surface area contributed by atoms with E-state index in [0.717, 1.165) is 5.56 Å². The number of aromatic amines is 1. The Balaban J connectivity index is 1.97. The molecule has 25 heavy (non-hydrogen) atoms. The number of amides is 2. The summed E-state index contributed by atoms with van der Waals surface area (Å²) in [5, 5.41) is 7.02. The summed E-state index contributed by atoms with van der Waals surface area (Å²) in [6.45, 7) is 0. The fraction of sp³-hybridized carbons (Fsp3) is 0.0667. The predicted octanol–water partition coefficient (Wildman–Crippen LogP) is 1.73. The van der Waals surface area contributed by atoms with Crippen molar-refractivity contribution in [2.45, 2.75) is 5.03 Å².